The third kappa shape index (κ3) is 4.14. The second-order valence-electron chi connectivity index (χ2n) is 5.78. The Balaban J connectivity index is 1.73. The molecule has 3 rings (SSSR count). The quantitative estimate of drug-likeness (QED) is 0.641. The third-order valence-electron chi connectivity index (χ3n) is 3.85. The summed E-state index contributed by atoms with van der Waals surface area (Å²) < 4.78 is 1.59. The van der Waals surface area contributed by atoms with E-state index in [9.17, 15) is 14.7 Å². The van der Waals surface area contributed by atoms with Gasteiger partial charge in [0.2, 0.25) is 11.1 Å². The number of rotatable bonds is 6. The van der Waals surface area contributed by atoms with E-state index in [0.29, 0.717) is 5.16 Å². The lowest BCUT2D eigenvalue weighted by Gasteiger charge is -2.12. The van der Waals surface area contributed by atoms with Gasteiger partial charge in [-0.1, -0.05) is 48.2 Å². The molecule has 9 heteroatoms. The van der Waals surface area contributed by atoms with E-state index in [0.717, 1.165) is 28.6 Å². The van der Waals surface area contributed by atoms with Gasteiger partial charge in [0.25, 0.3) is 0 Å². The lowest BCUT2D eigenvalue weighted by molar-refractivity contribution is -0.254. The van der Waals surface area contributed by atoms with Gasteiger partial charge >= 0.3 is 0 Å². The van der Waals surface area contributed by atoms with Crippen molar-refractivity contribution in [3.63, 3.8) is 0 Å². The van der Waals surface area contributed by atoms with E-state index < -0.39 is 5.97 Å². The normalized spacial score (nSPS) is 10.6. The highest BCUT2D eigenvalue weighted by atomic mass is 32.2. The Morgan fingerprint density at radius 3 is 2.52 bits per heavy atom. The molecular weight excluding hydrogens is 366 g/mol. The molecule has 0 aliphatic rings. The number of hydrogen-bond acceptors (Lipinski definition) is 7. The van der Waals surface area contributed by atoms with Gasteiger partial charge in [-0.25, -0.2) is 0 Å². The summed E-state index contributed by atoms with van der Waals surface area (Å²) in [7, 11) is 0. The lowest BCUT2D eigenvalue weighted by atomic mass is 10.1. The molecule has 0 aliphatic carbocycles. The Kier molecular flexibility index (Phi) is 5.51. The van der Waals surface area contributed by atoms with Gasteiger partial charge in [-0.2, -0.15) is 4.68 Å². The van der Waals surface area contributed by atoms with Crippen molar-refractivity contribution in [2.24, 2.45) is 0 Å². The van der Waals surface area contributed by atoms with Gasteiger partial charge in [0.05, 0.1) is 17.4 Å². The maximum atomic E-state index is 12.2. The van der Waals surface area contributed by atoms with Crippen LogP contribution in [0.25, 0.3) is 5.69 Å². The molecule has 0 radical (unpaired) electrons. The summed E-state index contributed by atoms with van der Waals surface area (Å²) in [6.45, 7) is 3.92. The highest BCUT2D eigenvalue weighted by molar-refractivity contribution is 7.99. The fourth-order valence-electron chi connectivity index (χ4n) is 2.64. The predicted octanol–water partition coefficient (Wildman–Crippen LogP) is 1.37. The molecule has 0 aliphatic heterocycles. The molecule has 0 unspecified atom stereocenters. The van der Waals surface area contributed by atoms with Gasteiger partial charge in [-0.3, -0.25) is 4.79 Å². The minimum Gasteiger partial charge on any atom is -0.545 e. The highest BCUT2D eigenvalue weighted by Crippen LogP contribution is 2.23. The van der Waals surface area contributed by atoms with Crippen LogP contribution in [0.2, 0.25) is 0 Å². The summed E-state index contributed by atoms with van der Waals surface area (Å²) in [5, 5.41) is 25.9. The SMILES string of the molecule is Cc1cccc(C)c1-n1nnnc1SCC(=O)Nc1ccccc1C(=O)[O-]. The predicted molar refractivity (Wildman–Crippen MR) is 98.8 cm³/mol. The number of nitrogens with zero attached hydrogens (tertiary/aromatic N) is 4. The smallest absolute Gasteiger partial charge is 0.234 e. The number of nitrogens with one attached hydrogen (secondary N) is 1. The molecule has 1 amide bonds. The fraction of sp³-hybridized carbons (Fsp3) is 0.167. The van der Waals surface area contributed by atoms with Gasteiger partial charge in [0.15, 0.2) is 0 Å². The van der Waals surface area contributed by atoms with Crippen LogP contribution < -0.4 is 10.4 Å². The molecule has 0 spiro atoms. The van der Waals surface area contributed by atoms with Crippen LogP contribution in [-0.4, -0.2) is 37.8 Å². The maximum absolute atomic E-state index is 12.2. The number of carboxylic acid groups (broad SMARTS) is 1. The molecular formula is C18H16N5O3S-. The molecule has 0 saturated carbocycles. The number of aromatic nitrogens is 4. The number of amides is 1. The van der Waals surface area contributed by atoms with Gasteiger partial charge in [-0.15, -0.1) is 5.10 Å². The number of aryl methyl sites for hydroxylation is 2. The molecule has 3 aromatic rings. The second kappa shape index (κ2) is 8.00. The number of carboxylic acids is 1. The summed E-state index contributed by atoms with van der Waals surface area (Å²) >= 11 is 1.16. The van der Waals surface area contributed by atoms with E-state index in [1.807, 2.05) is 32.0 Å². The summed E-state index contributed by atoms with van der Waals surface area (Å²) in [6.07, 6.45) is 0. The molecule has 0 atom stereocenters. The molecule has 0 bridgehead atoms. The van der Waals surface area contributed by atoms with Crippen LogP contribution in [0, 0.1) is 13.8 Å². The van der Waals surface area contributed by atoms with Crippen LogP contribution in [0.1, 0.15) is 21.5 Å². The van der Waals surface area contributed by atoms with Crippen molar-refractivity contribution >= 4 is 29.3 Å². The van der Waals surface area contributed by atoms with Crippen LogP contribution in [0.15, 0.2) is 47.6 Å². The monoisotopic (exact) mass is 382 g/mol. The summed E-state index contributed by atoms with van der Waals surface area (Å²) in [6, 6.07) is 12.0. The average Bonchev–Trinajstić information content (AvgIpc) is 3.08. The van der Waals surface area contributed by atoms with Crippen LogP contribution in [-0.2, 0) is 4.79 Å². The Morgan fingerprint density at radius 1 is 1.11 bits per heavy atom. The van der Waals surface area contributed by atoms with Gasteiger partial charge in [0.1, 0.15) is 0 Å². The van der Waals surface area contributed by atoms with E-state index >= 15 is 0 Å². The van der Waals surface area contributed by atoms with Crippen LogP contribution >= 0.6 is 11.8 Å². The first-order valence-electron chi connectivity index (χ1n) is 8.05. The standard InChI is InChI=1S/C18H17N5O3S/c1-11-6-5-7-12(2)16(11)23-18(20-21-22-23)27-10-15(24)19-14-9-4-3-8-13(14)17(25)26/h3-9H,10H2,1-2H3,(H,19,24)(H,25,26)/p-1. The highest BCUT2D eigenvalue weighted by Gasteiger charge is 2.15. The lowest BCUT2D eigenvalue weighted by Crippen LogP contribution is -2.25. The third-order valence-corrected chi connectivity index (χ3v) is 4.76. The topological polar surface area (TPSA) is 113 Å². The molecule has 2 aromatic carbocycles. The average molecular weight is 382 g/mol. The summed E-state index contributed by atoms with van der Waals surface area (Å²) in [5.74, 6) is -1.70. The number of carbonyl (C=O) groups is 2. The zero-order valence-electron chi connectivity index (χ0n) is 14.7. The van der Waals surface area contributed by atoms with Gasteiger partial charge in [0, 0.05) is 11.3 Å². The number of carbonyl (C=O) groups excluding carboxylic acids is 2. The van der Waals surface area contributed by atoms with Gasteiger partial charge in [-0.05, 0) is 41.5 Å². The molecule has 0 saturated heterocycles. The van der Waals surface area contributed by atoms with E-state index in [4.69, 9.17) is 0 Å². The molecule has 0 fully saturated rings. The zero-order chi connectivity index (χ0) is 19.4. The van der Waals surface area contributed by atoms with Gasteiger partial charge < -0.3 is 15.2 Å². The first-order valence-corrected chi connectivity index (χ1v) is 9.04. The zero-order valence-corrected chi connectivity index (χ0v) is 15.5. The Morgan fingerprint density at radius 2 is 1.81 bits per heavy atom. The van der Waals surface area contributed by atoms with E-state index in [1.165, 1.54) is 12.1 Å². The Hall–Kier alpha value is -3.20. The largest absolute Gasteiger partial charge is 0.545 e. The number of anilines is 1. The van der Waals surface area contributed by atoms with E-state index in [-0.39, 0.29) is 22.9 Å². The minimum atomic E-state index is -1.35. The van der Waals surface area contributed by atoms with Crippen molar-refractivity contribution in [3.05, 3.63) is 59.2 Å². The summed E-state index contributed by atoms with van der Waals surface area (Å²) in [4.78, 5) is 23.4. The number of tetrazole rings is 1. The maximum Gasteiger partial charge on any atom is 0.234 e. The molecule has 138 valence electrons. The van der Waals surface area contributed by atoms with Crippen molar-refractivity contribution in [2.75, 3.05) is 11.1 Å². The van der Waals surface area contributed by atoms with Crippen LogP contribution in [0.4, 0.5) is 5.69 Å². The number of thioether (sulfide) groups is 1. The van der Waals surface area contributed by atoms with Crippen LogP contribution in [0.3, 0.4) is 0 Å². The van der Waals surface area contributed by atoms with Crippen molar-refractivity contribution in [1.29, 1.82) is 0 Å². The number of aromatic carboxylic acids is 1. The first-order chi connectivity index (χ1) is 13.0. The Bertz CT molecular complexity index is 982. The molecule has 27 heavy (non-hydrogen) atoms. The van der Waals surface area contributed by atoms with E-state index in [1.54, 1.807) is 16.8 Å². The summed E-state index contributed by atoms with van der Waals surface area (Å²) in [5.41, 5.74) is 3.01. The molecule has 8 nitrogen and oxygen atoms in total. The Labute approximate surface area is 159 Å². The number of benzene rings is 2. The van der Waals surface area contributed by atoms with Crippen molar-refractivity contribution in [2.45, 2.75) is 19.0 Å². The molecule has 1 aromatic heterocycles. The fourth-order valence-corrected chi connectivity index (χ4v) is 3.31. The van der Waals surface area contributed by atoms with Crippen molar-refractivity contribution in [1.82, 2.24) is 20.2 Å². The second-order valence-corrected chi connectivity index (χ2v) is 6.73. The molecule has 1 heterocycles. The minimum absolute atomic E-state index is 0.0205. The first kappa shape index (κ1) is 18.6. The number of hydrogen-bond donors (Lipinski definition) is 1. The molecule has 1 N–H and O–H groups in total. The van der Waals surface area contributed by atoms with E-state index in [2.05, 4.69) is 20.8 Å². The van der Waals surface area contributed by atoms with Crippen molar-refractivity contribution in [3.8, 4) is 5.69 Å². The number of para-hydroxylation sites is 2. The van der Waals surface area contributed by atoms with Crippen molar-refractivity contribution < 1.29 is 14.7 Å². The van der Waals surface area contributed by atoms with Crippen LogP contribution in [0.5, 0.6) is 0 Å².